The van der Waals surface area contributed by atoms with Crippen molar-refractivity contribution in [3.8, 4) is 11.5 Å². The number of nitrogens with zero attached hydrogens (tertiary/aromatic N) is 1. The molecule has 1 amide bonds. The minimum absolute atomic E-state index is 0.0952. The molecule has 7 nitrogen and oxygen atoms in total. The van der Waals surface area contributed by atoms with Gasteiger partial charge in [0.15, 0.2) is 17.2 Å². The van der Waals surface area contributed by atoms with Gasteiger partial charge in [0.25, 0.3) is 5.91 Å². The predicted molar refractivity (Wildman–Crippen MR) is 109 cm³/mol. The highest BCUT2D eigenvalue weighted by atomic mass is 19.1. The van der Waals surface area contributed by atoms with Crippen LogP contribution in [0.4, 0.5) is 4.39 Å². The van der Waals surface area contributed by atoms with Crippen molar-refractivity contribution < 1.29 is 28.6 Å². The quantitative estimate of drug-likeness (QED) is 0.669. The number of pyridine rings is 1. The average Bonchev–Trinajstić information content (AvgIpc) is 2.66. The zero-order chi connectivity index (χ0) is 22.6. The standard InChI is InChI=1S/C22H27FN2O5/c1-11-9-16(23)10-12(2)18(11)13(3)15(5)30-22(28)14(4)25-21(27)19-20(26)17(29-6)7-8-24-19/h7-10,13-15,26H,1-6H3,(H,25,27). The molecule has 0 aliphatic rings. The second kappa shape index (κ2) is 9.56. The predicted octanol–water partition coefficient (Wildman–Crippen LogP) is 3.41. The van der Waals surface area contributed by atoms with Crippen LogP contribution in [0.25, 0.3) is 0 Å². The van der Waals surface area contributed by atoms with Crippen LogP contribution >= 0.6 is 0 Å². The van der Waals surface area contributed by atoms with Crippen molar-refractivity contribution in [1.82, 2.24) is 10.3 Å². The van der Waals surface area contributed by atoms with Gasteiger partial charge in [0.1, 0.15) is 18.0 Å². The first kappa shape index (κ1) is 23.1. The normalized spacial score (nSPS) is 13.8. The summed E-state index contributed by atoms with van der Waals surface area (Å²) in [5.41, 5.74) is 2.22. The first-order valence-electron chi connectivity index (χ1n) is 9.56. The molecule has 0 fully saturated rings. The Hall–Kier alpha value is -3.16. The lowest BCUT2D eigenvalue weighted by Crippen LogP contribution is -2.41. The molecule has 8 heteroatoms. The largest absolute Gasteiger partial charge is 0.503 e. The number of carbonyl (C=O) groups excluding carboxylic acids is 2. The maximum absolute atomic E-state index is 13.6. The number of aromatic nitrogens is 1. The van der Waals surface area contributed by atoms with Crippen molar-refractivity contribution in [2.24, 2.45) is 0 Å². The molecule has 1 heterocycles. The number of esters is 1. The monoisotopic (exact) mass is 418 g/mol. The van der Waals surface area contributed by atoms with Gasteiger partial charge in [-0.1, -0.05) is 6.92 Å². The summed E-state index contributed by atoms with van der Waals surface area (Å²) in [6.07, 6.45) is 0.802. The van der Waals surface area contributed by atoms with Gasteiger partial charge in [-0.05, 0) is 56.5 Å². The zero-order valence-corrected chi connectivity index (χ0v) is 17.9. The van der Waals surface area contributed by atoms with Crippen molar-refractivity contribution in [2.75, 3.05) is 7.11 Å². The molecule has 3 atom stereocenters. The number of carbonyl (C=O) groups is 2. The number of aromatic hydroxyl groups is 1. The molecule has 0 aliphatic heterocycles. The lowest BCUT2D eigenvalue weighted by Gasteiger charge is -2.25. The zero-order valence-electron chi connectivity index (χ0n) is 17.9. The van der Waals surface area contributed by atoms with E-state index in [1.54, 1.807) is 6.92 Å². The van der Waals surface area contributed by atoms with E-state index in [-0.39, 0.29) is 23.2 Å². The molecule has 2 N–H and O–H groups in total. The maximum Gasteiger partial charge on any atom is 0.328 e. The Morgan fingerprint density at radius 1 is 1.17 bits per heavy atom. The second-order valence-electron chi connectivity index (χ2n) is 7.29. The van der Waals surface area contributed by atoms with E-state index in [2.05, 4.69) is 10.3 Å². The number of rotatable bonds is 7. The van der Waals surface area contributed by atoms with Crippen molar-refractivity contribution in [1.29, 1.82) is 0 Å². The molecule has 162 valence electrons. The van der Waals surface area contributed by atoms with Crippen LogP contribution < -0.4 is 10.1 Å². The summed E-state index contributed by atoms with van der Waals surface area (Å²) in [5.74, 6) is -2.18. The number of benzene rings is 1. The van der Waals surface area contributed by atoms with Gasteiger partial charge in [-0.2, -0.15) is 0 Å². The Kier molecular flexibility index (Phi) is 7.37. The number of hydrogen-bond donors (Lipinski definition) is 2. The molecule has 0 spiro atoms. The minimum Gasteiger partial charge on any atom is -0.503 e. The minimum atomic E-state index is -0.977. The maximum atomic E-state index is 13.6. The highest BCUT2D eigenvalue weighted by molar-refractivity contribution is 5.97. The molecule has 0 saturated heterocycles. The van der Waals surface area contributed by atoms with Gasteiger partial charge in [-0.25, -0.2) is 14.2 Å². The van der Waals surface area contributed by atoms with E-state index in [9.17, 15) is 19.1 Å². The van der Waals surface area contributed by atoms with Gasteiger partial charge < -0.3 is 19.9 Å². The molecule has 3 unspecified atom stereocenters. The summed E-state index contributed by atoms with van der Waals surface area (Å²) >= 11 is 0. The fourth-order valence-corrected chi connectivity index (χ4v) is 3.35. The Labute approximate surface area is 175 Å². The lowest BCUT2D eigenvalue weighted by molar-refractivity contribution is -0.151. The second-order valence-corrected chi connectivity index (χ2v) is 7.29. The molecule has 2 aromatic rings. The third kappa shape index (κ3) is 5.06. The van der Waals surface area contributed by atoms with Crippen molar-refractivity contribution in [2.45, 2.75) is 52.7 Å². The Bertz CT molecular complexity index is 924. The summed E-state index contributed by atoms with van der Waals surface area (Å²) in [4.78, 5) is 28.7. The Morgan fingerprint density at radius 2 is 1.77 bits per heavy atom. The lowest BCUT2D eigenvalue weighted by atomic mass is 9.88. The van der Waals surface area contributed by atoms with Crippen LogP contribution in [-0.2, 0) is 9.53 Å². The van der Waals surface area contributed by atoms with Crippen LogP contribution in [0.2, 0.25) is 0 Å². The summed E-state index contributed by atoms with van der Waals surface area (Å²) in [5, 5.41) is 12.5. The summed E-state index contributed by atoms with van der Waals surface area (Å²) in [7, 11) is 1.35. The highest BCUT2D eigenvalue weighted by Crippen LogP contribution is 2.29. The van der Waals surface area contributed by atoms with E-state index in [0.717, 1.165) is 16.7 Å². The van der Waals surface area contributed by atoms with E-state index >= 15 is 0 Å². The molecule has 0 bridgehead atoms. The summed E-state index contributed by atoms with van der Waals surface area (Å²) in [6, 6.07) is 3.33. The molecule has 30 heavy (non-hydrogen) atoms. The van der Waals surface area contributed by atoms with Crippen LogP contribution in [0, 0.1) is 19.7 Å². The molecule has 2 rings (SSSR count). The van der Waals surface area contributed by atoms with Crippen LogP contribution in [0.5, 0.6) is 11.5 Å². The van der Waals surface area contributed by atoms with E-state index in [1.807, 2.05) is 20.8 Å². The van der Waals surface area contributed by atoms with Crippen molar-refractivity contribution in [3.63, 3.8) is 0 Å². The number of aryl methyl sites for hydroxylation is 2. The van der Waals surface area contributed by atoms with E-state index in [1.165, 1.54) is 38.4 Å². The smallest absolute Gasteiger partial charge is 0.328 e. The van der Waals surface area contributed by atoms with Gasteiger partial charge >= 0.3 is 5.97 Å². The van der Waals surface area contributed by atoms with Crippen LogP contribution in [0.1, 0.15) is 53.9 Å². The molecule has 0 radical (unpaired) electrons. The van der Waals surface area contributed by atoms with Gasteiger partial charge in [-0.15, -0.1) is 0 Å². The van der Waals surface area contributed by atoms with Gasteiger partial charge in [-0.3, -0.25) is 4.79 Å². The van der Waals surface area contributed by atoms with E-state index in [4.69, 9.17) is 9.47 Å². The van der Waals surface area contributed by atoms with Crippen molar-refractivity contribution >= 4 is 11.9 Å². The van der Waals surface area contributed by atoms with Crippen LogP contribution in [-0.4, -0.2) is 41.2 Å². The molecular weight excluding hydrogens is 391 g/mol. The van der Waals surface area contributed by atoms with Crippen LogP contribution in [0.15, 0.2) is 24.4 Å². The van der Waals surface area contributed by atoms with Gasteiger partial charge in [0, 0.05) is 18.2 Å². The number of nitrogens with one attached hydrogen (secondary N) is 1. The average molecular weight is 418 g/mol. The molecule has 1 aromatic carbocycles. The Balaban J connectivity index is 2.06. The van der Waals surface area contributed by atoms with Gasteiger partial charge in [0.2, 0.25) is 0 Å². The summed E-state index contributed by atoms with van der Waals surface area (Å²) in [6.45, 7) is 8.74. The number of ether oxygens (including phenoxy) is 2. The Morgan fingerprint density at radius 3 is 2.33 bits per heavy atom. The first-order chi connectivity index (χ1) is 14.1. The molecule has 0 aliphatic carbocycles. The first-order valence-corrected chi connectivity index (χ1v) is 9.56. The van der Waals surface area contributed by atoms with E-state index < -0.39 is 29.8 Å². The van der Waals surface area contributed by atoms with E-state index in [0.29, 0.717) is 0 Å². The number of methoxy groups -OCH3 is 1. The SMILES string of the molecule is COc1ccnc(C(=O)NC(C)C(=O)OC(C)C(C)c2c(C)cc(F)cc2C)c1O. The highest BCUT2D eigenvalue weighted by Gasteiger charge is 2.27. The number of amides is 1. The molecule has 0 saturated carbocycles. The fourth-order valence-electron chi connectivity index (χ4n) is 3.35. The fraction of sp³-hybridized carbons (Fsp3) is 0.409. The van der Waals surface area contributed by atoms with Crippen LogP contribution in [0.3, 0.4) is 0 Å². The van der Waals surface area contributed by atoms with Gasteiger partial charge in [0.05, 0.1) is 7.11 Å². The third-order valence-electron chi connectivity index (χ3n) is 5.04. The number of hydrogen-bond acceptors (Lipinski definition) is 6. The molecular formula is C22H27FN2O5. The van der Waals surface area contributed by atoms with Crippen molar-refractivity contribution in [3.05, 3.63) is 52.6 Å². The number of halogens is 1. The molecule has 1 aromatic heterocycles. The summed E-state index contributed by atoms with van der Waals surface area (Å²) < 4.78 is 24.0. The third-order valence-corrected chi connectivity index (χ3v) is 5.04. The topological polar surface area (TPSA) is 97.8 Å².